The molecule has 152 valence electrons. The molecule has 1 saturated heterocycles. The fraction of sp³-hybridized carbons (Fsp3) is 0.400. The molecular weight excluding hydrogens is 452 g/mol. The number of halogens is 1. The average molecular weight is 475 g/mol. The number of aromatic nitrogens is 4. The number of hydrogen-bond donors (Lipinski definition) is 0. The van der Waals surface area contributed by atoms with Gasteiger partial charge in [-0.25, -0.2) is 4.98 Å². The van der Waals surface area contributed by atoms with Crippen molar-refractivity contribution in [2.24, 2.45) is 0 Å². The summed E-state index contributed by atoms with van der Waals surface area (Å²) < 4.78 is 2.87. The normalized spacial score (nSPS) is 14.6. The molecule has 3 heterocycles. The molecule has 29 heavy (non-hydrogen) atoms. The molecule has 1 aromatic carbocycles. The third kappa shape index (κ3) is 4.25. The lowest BCUT2D eigenvalue weighted by Crippen LogP contribution is -2.49. The van der Waals surface area contributed by atoms with Crippen LogP contribution in [0.1, 0.15) is 16.8 Å². The van der Waals surface area contributed by atoms with E-state index in [-0.39, 0.29) is 5.91 Å². The molecule has 0 N–H and O–H groups in total. The van der Waals surface area contributed by atoms with Crippen molar-refractivity contribution in [2.45, 2.75) is 25.7 Å². The number of anilines is 1. The second kappa shape index (κ2) is 8.31. The molecule has 7 nitrogen and oxygen atoms in total. The Morgan fingerprint density at radius 3 is 2.62 bits per heavy atom. The molecule has 0 unspecified atom stereocenters. The number of aryl methyl sites for hydroxylation is 3. The van der Waals surface area contributed by atoms with Gasteiger partial charge in [-0.1, -0.05) is 15.9 Å². The van der Waals surface area contributed by atoms with Gasteiger partial charge in [0.2, 0.25) is 5.91 Å². The van der Waals surface area contributed by atoms with Gasteiger partial charge in [-0.2, -0.15) is 14.6 Å². The number of hydrogen-bond acceptors (Lipinski definition) is 6. The van der Waals surface area contributed by atoms with Crippen LogP contribution in [-0.4, -0.2) is 62.3 Å². The standard InChI is InChI=1S/C20H23BrN6OS/c1-13-9-17(14(2)8-16(13)21)29-11-19(28)26-6-4-25(5-7-26)18-10-15(3)24-20-22-12-23-27(18)20/h8-10,12H,4-7,11H2,1-3H3. The van der Waals surface area contributed by atoms with Crippen molar-refractivity contribution in [1.29, 1.82) is 0 Å². The second-order valence-electron chi connectivity index (χ2n) is 7.25. The van der Waals surface area contributed by atoms with Crippen molar-refractivity contribution in [3.8, 4) is 0 Å². The highest BCUT2D eigenvalue weighted by Crippen LogP contribution is 2.28. The Bertz CT molecular complexity index is 1060. The van der Waals surface area contributed by atoms with Gasteiger partial charge in [0, 0.05) is 47.3 Å². The zero-order valence-electron chi connectivity index (χ0n) is 16.7. The largest absolute Gasteiger partial charge is 0.353 e. The molecule has 4 rings (SSSR count). The number of thioether (sulfide) groups is 1. The van der Waals surface area contributed by atoms with Crippen LogP contribution < -0.4 is 4.90 Å². The van der Waals surface area contributed by atoms with E-state index in [1.54, 1.807) is 16.3 Å². The van der Waals surface area contributed by atoms with Crippen LogP contribution in [0.3, 0.4) is 0 Å². The Balaban J connectivity index is 1.37. The topological polar surface area (TPSA) is 66.6 Å². The van der Waals surface area contributed by atoms with E-state index in [0.29, 0.717) is 24.6 Å². The van der Waals surface area contributed by atoms with E-state index in [9.17, 15) is 4.79 Å². The van der Waals surface area contributed by atoms with Crippen LogP contribution in [0.5, 0.6) is 0 Å². The maximum Gasteiger partial charge on any atom is 0.254 e. The SMILES string of the molecule is Cc1cc(N2CCN(C(=O)CSc3cc(C)c(Br)cc3C)CC2)n2ncnc2n1. The Labute approximate surface area is 182 Å². The minimum absolute atomic E-state index is 0.187. The summed E-state index contributed by atoms with van der Waals surface area (Å²) in [6, 6.07) is 6.28. The fourth-order valence-electron chi connectivity index (χ4n) is 3.46. The summed E-state index contributed by atoms with van der Waals surface area (Å²) in [6.07, 6.45) is 1.52. The summed E-state index contributed by atoms with van der Waals surface area (Å²) >= 11 is 5.18. The first-order valence-electron chi connectivity index (χ1n) is 9.52. The van der Waals surface area contributed by atoms with Gasteiger partial charge >= 0.3 is 0 Å². The number of rotatable bonds is 4. The highest BCUT2D eigenvalue weighted by molar-refractivity contribution is 9.10. The van der Waals surface area contributed by atoms with Crippen LogP contribution in [0.4, 0.5) is 5.82 Å². The molecule has 0 aliphatic carbocycles. The van der Waals surface area contributed by atoms with Crippen molar-refractivity contribution < 1.29 is 4.79 Å². The van der Waals surface area contributed by atoms with E-state index in [0.717, 1.165) is 29.1 Å². The van der Waals surface area contributed by atoms with E-state index in [4.69, 9.17) is 0 Å². The Kier molecular flexibility index (Phi) is 5.78. The predicted molar refractivity (Wildman–Crippen MR) is 119 cm³/mol. The van der Waals surface area contributed by atoms with Crippen LogP contribution in [0.2, 0.25) is 0 Å². The van der Waals surface area contributed by atoms with Gasteiger partial charge in [0.25, 0.3) is 5.78 Å². The lowest BCUT2D eigenvalue weighted by molar-refractivity contribution is -0.128. The zero-order chi connectivity index (χ0) is 20.5. The maximum atomic E-state index is 12.7. The Hall–Kier alpha value is -2.13. The molecule has 1 amide bonds. The van der Waals surface area contributed by atoms with Crippen molar-refractivity contribution >= 4 is 45.2 Å². The summed E-state index contributed by atoms with van der Waals surface area (Å²) in [5, 5.41) is 4.29. The molecule has 0 radical (unpaired) electrons. The third-order valence-corrected chi connectivity index (χ3v) is 7.12. The van der Waals surface area contributed by atoms with Crippen LogP contribution in [0, 0.1) is 20.8 Å². The van der Waals surface area contributed by atoms with Crippen LogP contribution in [0.15, 0.2) is 33.9 Å². The van der Waals surface area contributed by atoms with E-state index in [1.807, 2.05) is 17.9 Å². The molecule has 0 bridgehead atoms. The fourth-order valence-corrected chi connectivity index (χ4v) is 4.93. The minimum atomic E-state index is 0.187. The maximum absolute atomic E-state index is 12.7. The summed E-state index contributed by atoms with van der Waals surface area (Å²) in [5.74, 6) is 2.23. The van der Waals surface area contributed by atoms with Gasteiger partial charge in [-0.15, -0.1) is 11.8 Å². The van der Waals surface area contributed by atoms with Crippen molar-refractivity contribution in [3.63, 3.8) is 0 Å². The summed E-state index contributed by atoms with van der Waals surface area (Å²) in [6.45, 7) is 9.06. The highest BCUT2D eigenvalue weighted by Gasteiger charge is 2.23. The van der Waals surface area contributed by atoms with Crippen molar-refractivity contribution in [1.82, 2.24) is 24.5 Å². The monoisotopic (exact) mass is 474 g/mol. The molecule has 0 saturated carbocycles. The zero-order valence-corrected chi connectivity index (χ0v) is 19.1. The summed E-state index contributed by atoms with van der Waals surface area (Å²) in [7, 11) is 0. The molecular formula is C20H23BrN6OS. The third-order valence-electron chi connectivity index (χ3n) is 5.12. The first kappa shape index (κ1) is 20.2. The molecule has 0 spiro atoms. The quantitative estimate of drug-likeness (QED) is 0.540. The summed E-state index contributed by atoms with van der Waals surface area (Å²) in [5.41, 5.74) is 3.29. The smallest absolute Gasteiger partial charge is 0.254 e. The first-order chi connectivity index (χ1) is 13.9. The number of piperazine rings is 1. The number of amides is 1. The number of benzene rings is 1. The molecule has 1 aliphatic heterocycles. The molecule has 9 heteroatoms. The van der Waals surface area contributed by atoms with Crippen molar-refractivity contribution in [3.05, 3.63) is 45.8 Å². The molecule has 1 fully saturated rings. The Morgan fingerprint density at radius 1 is 1.10 bits per heavy atom. The van der Waals surface area contributed by atoms with Gasteiger partial charge in [-0.3, -0.25) is 4.79 Å². The highest BCUT2D eigenvalue weighted by atomic mass is 79.9. The molecule has 3 aromatic rings. The molecule has 0 atom stereocenters. The van der Waals surface area contributed by atoms with Gasteiger partial charge in [0.1, 0.15) is 12.1 Å². The van der Waals surface area contributed by atoms with E-state index in [2.05, 4.69) is 61.9 Å². The van der Waals surface area contributed by atoms with E-state index >= 15 is 0 Å². The van der Waals surface area contributed by atoms with E-state index < -0.39 is 0 Å². The summed E-state index contributed by atoms with van der Waals surface area (Å²) in [4.78, 5) is 26.7. The van der Waals surface area contributed by atoms with Crippen LogP contribution in [-0.2, 0) is 4.79 Å². The number of nitrogens with zero attached hydrogens (tertiary/aromatic N) is 6. The Morgan fingerprint density at radius 2 is 1.86 bits per heavy atom. The molecule has 2 aromatic heterocycles. The molecule has 1 aliphatic rings. The predicted octanol–water partition coefficient (Wildman–Crippen LogP) is 3.25. The average Bonchev–Trinajstić information content (AvgIpc) is 3.17. The first-order valence-corrected chi connectivity index (χ1v) is 11.3. The number of carbonyl (C=O) groups excluding carboxylic acids is 1. The minimum Gasteiger partial charge on any atom is -0.353 e. The lowest BCUT2D eigenvalue weighted by atomic mass is 10.2. The number of carbonyl (C=O) groups is 1. The van der Waals surface area contributed by atoms with Crippen LogP contribution in [0.25, 0.3) is 5.78 Å². The number of fused-ring (bicyclic) bond motifs is 1. The lowest BCUT2D eigenvalue weighted by Gasteiger charge is -2.36. The van der Waals surface area contributed by atoms with Crippen molar-refractivity contribution in [2.75, 3.05) is 36.8 Å². The van der Waals surface area contributed by atoms with E-state index in [1.165, 1.54) is 22.3 Å². The second-order valence-corrected chi connectivity index (χ2v) is 9.12. The van der Waals surface area contributed by atoms with Gasteiger partial charge in [-0.05, 0) is 44.0 Å². The van der Waals surface area contributed by atoms with Gasteiger partial charge in [0.05, 0.1) is 5.75 Å². The van der Waals surface area contributed by atoms with Crippen LogP contribution >= 0.6 is 27.7 Å². The van der Waals surface area contributed by atoms with Gasteiger partial charge < -0.3 is 9.80 Å². The van der Waals surface area contributed by atoms with Gasteiger partial charge in [0.15, 0.2) is 0 Å².